The Bertz CT molecular complexity index is 825. The van der Waals surface area contributed by atoms with Crippen molar-refractivity contribution in [3.63, 3.8) is 0 Å². The fourth-order valence-electron chi connectivity index (χ4n) is 4.00. The van der Waals surface area contributed by atoms with Crippen molar-refractivity contribution in [2.45, 2.75) is 38.9 Å². The van der Waals surface area contributed by atoms with E-state index in [2.05, 4.69) is 39.1 Å². The molecule has 2 fully saturated rings. The van der Waals surface area contributed by atoms with Crippen molar-refractivity contribution in [2.24, 2.45) is 0 Å². The van der Waals surface area contributed by atoms with Crippen molar-refractivity contribution in [3.8, 4) is 6.01 Å². The van der Waals surface area contributed by atoms with Crippen molar-refractivity contribution >= 4 is 24.0 Å². The van der Waals surface area contributed by atoms with Crippen LogP contribution >= 0.6 is 12.4 Å². The van der Waals surface area contributed by atoms with E-state index >= 15 is 0 Å². The Morgan fingerprint density at radius 1 is 1.18 bits per heavy atom. The maximum absolute atomic E-state index is 12.6. The SMILES string of the molecule is Cc1nc(OCC(=O)N2CC[C@@H]3[C@H]2CN3Cc2ccccc2)nc(C)c1N.Cl. The zero-order valence-electron chi connectivity index (χ0n) is 16.2. The quantitative estimate of drug-likeness (QED) is 0.821. The molecule has 0 unspecified atom stereocenters. The zero-order chi connectivity index (χ0) is 19.0. The molecule has 0 aliphatic carbocycles. The van der Waals surface area contributed by atoms with E-state index in [1.807, 2.05) is 11.0 Å². The van der Waals surface area contributed by atoms with E-state index in [1.165, 1.54) is 5.56 Å². The predicted octanol–water partition coefficient (Wildman–Crippen LogP) is 1.96. The van der Waals surface area contributed by atoms with E-state index in [-0.39, 0.29) is 30.9 Å². The number of hydrogen-bond donors (Lipinski definition) is 1. The Balaban J connectivity index is 0.00000225. The molecule has 0 saturated carbocycles. The number of rotatable bonds is 5. The van der Waals surface area contributed by atoms with E-state index in [4.69, 9.17) is 10.5 Å². The van der Waals surface area contributed by atoms with Crippen LogP contribution < -0.4 is 10.5 Å². The number of hydrogen-bond acceptors (Lipinski definition) is 6. The lowest BCUT2D eigenvalue weighted by Gasteiger charge is -2.46. The van der Waals surface area contributed by atoms with Gasteiger partial charge < -0.3 is 15.4 Å². The van der Waals surface area contributed by atoms with Crippen LogP contribution in [0.25, 0.3) is 0 Å². The highest BCUT2D eigenvalue weighted by Crippen LogP contribution is 2.33. The summed E-state index contributed by atoms with van der Waals surface area (Å²) in [5.74, 6) is -0.00223. The number of likely N-dealkylation sites (tertiary alicyclic amines) is 2. The summed E-state index contributed by atoms with van der Waals surface area (Å²) < 4.78 is 5.54. The van der Waals surface area contributed by atoms with E-state index in [9.17, 15) is 4.79 Å². The number of nitrogen functional groups attached to an aromatic ring is 1. The maximum Gasteiger partial charge on any atom is 0.317 e. The lowest BCUT2D eigenvalue weighted by Crippen LogP contribution is -2.62. The Kier molecular flexibility index (Phi) is 6.05. The molecule has 7 nitrogen and oxygen atoms in total. The molecule has 2 N–H and O–H groups in total. The van der Waals surface area contributed by atoms with Crippen molar-refractivity contribution in [1.29, 1.82) is 0 Å². The molecule has 2 aliphatic heterocycles. The van der Waals surface area contributed by atoms with E-state index in [1.54, 1.807) is 13.8 Å². The summed E-state index contributed by atoms with van der Waals surface area (Å²) in [5.41, 5.74) is 9.07. The van der Waals surface area contributed by atoms with Gasteiger partial charge in [0.1, 0.15) is 0 Å². The number of amides is 1. The molecule has 1 aromatic carbocycles. The van der Waals surface area contributed by atoms with Crippen LogP contribution in [0.2, 0.25) is 0 Å². The molecule has 2 atom stereocenters. The molecule has 3 heterocycles. The van der Waals surface area contributed by atoms with Gasteiger partial charge in [0, 0.05) is 25.7 Å². The number of carbonyl (C=O) groups is 1. The Hall–Kier alpha value is -2.38. The minimum absolute atomic E-state index is 0. The summed E-state index contributed by atoms with van der Waals surface area (Å²) in [6.45, 7) is 6.22. The minimum atomic E-state index is -0.0370. The van der Waals surface area contributed by atoms with Gasteiger partial charge in [0.2, 0.25) is 0 Å². The number of carbonyl (C=O) groups excluding carboxylic acids is 1. The summed E-state index contributed by atoms with van der Waals surface area (Å²) in [6, 6.07) is 11.4. The van der Waals surface area contributed by atoms with Crippen LogP contribution in [0.5, 0.6) is 6.01 Å². The molecule has 8 heteroatoms. The number of aryl methyl sites for hydroxylation is 2. The summed E-state index contributed by atoms with van der Waals surface area (Å²) in [5, 5.41) is 0. The number of fused-ring (bicyclic) bond motifs is 1. The second kappa shape index (κ2) is 8.32. The molecule has 2 aromatic rings. The van der Waals surface area contributed by atoms with Crippen molar-refractivity contribution in [2.75, 3.05) is 25.4 Å². The second-order valence-electron chi connectivity index (χ2n) is 7.30. The summed E-state index contributed by atoms with van der Waals surface area (Å²) in [4.78, 5) is 25.4. The maximum atomic E-state index is 12.6. The van der Waals surface area contributed by atoms with Gasteiger partial charge in [-0.2, -0.15) is 9.97 Å². The van der Waals surface area contributed by atoms with Crippen molar-refractivity contribution in [3.05, 3.63) is 47.3 Å². The molecule has 28 heavy (non-hydrogen) atoms. The number of nitrogens with two attached hydrogens (primary N) is 1. The molecule has 2 aliphatic rings. The van der Waals surface area contributed by atoms with Gasteiger partial charge in [-0.3, -0.25) is 9.69 Å². The molecule has 150 valence electrons. The van der Waals surface area contributed by atoms with Crippen LogP contribution in [0, 0.1) is 13.8 Å². The molecular weight excluding hydrogens is 378 g/mol. The molecule has 0 radical (unpaired) electrons. The van der Waals surface area contributed by atoms with Gasteiger partial charge in [-0.15, -0.1) is 12.4 Å². The summed E-state index contributed by atoms with van der Waals surface area (Å²) in [6.07, 6.45) is 1.01. The molecule has 0 spiro atoms. The average molecular weight is 404 g/mol. The van der Waals surface area contributed by atoms with E-state index in [0.717, 1.165) is 26.1 Å². The van der Waals surface area contributed by atoms with Gasteiger partial charge >= 0.3 is 6.01 Å². The molecule has 4 rings (SSSR count). The first kappa shape index (κ1) is 20.4. The highest BCUT2D eigenvalue weighted by atomic mass is 35.5. The zero-order valence-corrected chi connectivity index (χ0v) is 17.0. The second-order valence-corrected chi connectivity index (χ2v) is 7.30. The number of halogens is 1. The summed E-state index contributed by atoms with van der Waals surface area (Å²) >= 11 is 0. The third kappa shape index (κ3) is 3.91. The van der Waals surface area contributed by atoms with Gasteiger partial charge in [-0.25, -0.2) is 0 Å². The van der Waals surface area contributed by atoms with Crippen molar-refractivity contribution < 1.29 is 9.53 Å². The molecular formula is C20H26ClN5O2. The van der Waals surface area contributed by atoms with E-state index < -0.39 is 0 Å². The predicted molar refractivity (Wildman–Crippen MR) is 109 cm³/mol. The Labute approximate surface area is 171 Å². The molecule has 2 saturated heterocycles. The van der Waals surface area contributed by atoms with Gasteiger partial charge in [0.15, 0.2) is 6.61 Å². The topological polar surface area (TPSA) is 84.6 Å². The minimum Gasteiger partial charge on any atom is -0.453 e. The first-order valence-electron chi connectivity index (χ1n) is 9.34. The van der Waals surface area contributed by atoms with Crippen LogP contribution in [-0.2, 0) is 11.3 Å². The van der Waals surface area contributed by atoms with Crippen LogP contribution in [0.15, 0.2) is 30.3 Å². The third-order valence-electron chi connectivity index (χ3n) is 5.58. The fourth-order valence-corrected chi connectivity index (χ4v) is 4.00. The normalized spacial score (nSPS) is 20.9. The monoisotopic (exact) mass is 403 g/mol. The van der Waals surface area contributed by atoms with Crippen LogP contribution in [0.3, 0.4) is 0 Å². The Morgan fingerprint density at radius 3 is 2.54 bits per heavy atom. The number of aromatic nitrogens is 2. The number of benzene rings is 1. The molecule has 1 amide bonds. The van der Waals surface area contributed by atoms with Crippen LogP contribution in [0.1, 0.15) is 23.4 Å². The average Bonchev–Trinajstić information content (AvgIpc) is 2.99. The molecule has 1 aromatic heterocycles. The van der Waals surface area contributed by atoms with Gasteiger partial charge in [0.25, 0.3) is 5.91 Å². The van der Waals surface area contributed by atoms with Gasteiger partial charge in [-0.05, 0) is 25.8 Å². The lowest BCUT2D eigenvalue weighted by atomic mass is 9.96. The van der Waals surface area contributed by atoms with Gasteiger partial charge in [-0.1, -0.05) is 30.3 Å². The van der Waals surface area contributed by atoms with Gasteiger partial charge in [0.05, 0.1) is 23.1 Å². The number of anilines is 1. The highest BCUT2D eigenvalue weighted by Gasteiger charge is 2.48. The fraction of sp³-hybridized carbons (Fsp3) is 0.450. The Morgan fingerprint density at radius 2 is 1.86 bits per heavy atom. The molecule has 0 bridgehead atoms. The standard InChI is InChI=1S/C20H25N5O2.ClH/c1-13-19(21)14(2)23-20(22-13)27-12-18(26)25-9-8-16-17(25)11-24(16)10-15-6-4-3-5-7-15;/h3-7,16-17H,8-12,21H2,1-2H3;1H/t16-,17-;/m1./s1. The third-order valence-corrected chi connectivity index (χ3v) is 5.58. The lowest BCUT2D eigenvalue weighted by molar-refractivity contribution is -0.137. The largest absolute Gasteiger partial charge is 0.453 e. The number of nitrogens with zero attached hydrogens (tertiary/aromatic N) is 4. The number of ether oxygens (including phenoxy) is 1. The summed E-state index contributed by atoms with van der Waals surface area (Å²) in [7, 11) is 0. The van der Waals surface area contributed by atoms with Crippen LogP contribution in [-0.4, -0.2) is 57.5 Å². The first-order chi connectivity index (χ1) is 13.0. The smallest absolute Gasteiger partial charge is 0.317 e. The first-order valence-corrected chi connectivity index (χ1v) is 9.34. The highest BCUT2D eigenvalue weighted by molar-refractivity contribution is 5.85. The van der Waals surface area contributed by atoms with Crippen molar-refractivity contribution in [1.82, 2.24) is 19.8 Å². The van der Waals surface area contributed by atoms with Crippen LogP contribution in [0.4, 0.5) is 5.69 Å². The van der Waals surface area contributed by atoms with E-state index in [0.29, 0.717) is 29.2 Å².